The number of hydrogen-bond donors (Lipinski definition) is 0. The molecule has 2 amide bonds. The second-order valence-electron chi connectivity index (χ2n) is 6.91. The summed E-state index contributed by atoms with van der Waals surface area (Å²) < 4.78 is 52.4. The molecule has 4 nitrogen and oxygen atoms in total. The van der Waals surface area contributed by atoms with Gasteiger partial charge in [0.1, 0.15) is 5.82 Å². The lowest BCUT2D eigenvalue weighted by Crippen LogP contribution is -2.36. The molecule has 2 aromatic rings. The zero-order chi connectivity index (χ0) is 21.0. The van der Waals surface area contributed by atoms with E-state index in [9.17, 15) is 27.2 Å². The first kappa shape index (κ1) is 20.8. The first-order valence-electron chi connectivity index (χ1n) is 9.19. The molecule has 0 N–H and O–H groups in total. The van der Waals surface area contributed by atoms with Gasteiger partial charge in [0.2, 0.25) is 11.8 Å². The molecule has 0 atom stereocenters. The molecule has 1 aliphatic heterocycles. The standard InChI is InChI=1S/C21H20F4N2O2/c22-18-7-2-1-5-16(18)14-27-11-10-26(9-8-19(27)28)20(29)13-15-4-3-6-17(12-15)21(23,24)25/h1-7,12H,8-11,13-14H2. The zero-order valence-electron chi connectivity index (χ0n) is 15.6. The van der Waals surface area contributed by atoms with Crippen LogP contribution in [0.25, 0.3) is 0 Å². The van der Waals surface area contributed by atoms with Gasteiger partial charge in [0.05, 0.1) is 12.0 Å². The fraction of sp³-hybridized carbons (Fsp3) is 0.333. The van der Waals surface area contributed by atoms with E-state index in [4.69, 9.17) is 0 Å². The van der Waals surface area contributed by atoms with E-state index in [-0.39, 0.29) is 56.4 Å². The molecule has 29 heavy (non-hydrogen) atoms. The third kappa shape index (κ3) is 5.34. The van der Waals surface area contributed by atoms with Gasteiger partial charge in [0.25, 0.3) is 0 Å². The summed E-state index contributed by atoms with van der Waals surface area (Å²) in [6.07, 6.45) is -4.56. The molecule has 1 saturated heterocycles. The maximum atomic E-state index is 13.9. The van der Waals surface area contributed by atoms with Gasteiger partial charge in [0, 0.05) is 38.2 Å². The van der Waals surface area contributed by atoms with Gasteiger partial charge < -0.3 is 9.80 Å². The van der Waals surface area contributed by atoms with Crippen molar-refractivity contribution < 1.29 is 27.2 Å². The van der Waals surface area contributed by atoms with Crippen LogP contribution in [0.15, 0.2) is 48.5 Å². The Kier molecular flexibility index (Phi) is 6.20. The van der Waals surface area contributed by atoms with Gasteiger partial charge in [-0.15, -0.1) is 0 Å². The van der Waals surface area contributed by atoms with Crippen LogP contribution in [-0.2, 0) is 28.7 Å². The number of amides is 2. The van der Waals surface area contributed by atoms with Crippen LogP contribution in [0.4, 0.5) is 17.6 Å². The Bertz CT molecular complexity index is 898. The summed E-state index contributed by atoms with van der Waals surface area (Å²) in [5, 5.41) is 0. The van der Waals surface area contributed by atoms with Crippen molar-refractivity contribution in [3.63, 3.8) is 0 Å². The van der Waals surface area contributed by atoms with E-state index in [1.165, 1.54) is 28.0 Å². The Morgan fingerprint density at radius 2 is 1.76 bits per heavy atom. The van der Waals surface area contributed by atoms with E-state index >= 15 is 0 Å². The SMILES string of the molecule is O=C(Cc1cccc(C(F)(F)F)c1)N1CCC(=O)N(Cc2ccccc2F)CC1. The van der Waals surface area contributed by atoms with Crippen LogP contribution < -0.4 is 0 Å². The van der Waals surface area contributed by atoms with Crippen molar-refractivity contribution in [1.29, 1.82) is 0 Å². The van der Waals surface area contributed by atoms with Crippen LogP contribution in [0.5, 0.6) is 0 Å². The van der Waals surface area contributed by atoms with E-state index in [0.717, 1.165) is 12.1 Å². The molecular formula is C21H20F4N2O2. The zero-order valence-corrected chi connectivity index (χ0v) is 15.6. The lowest BCUT2D eigenvalue weighted by atomic mass is 10.1. The van der Waals surface area contributed by atoms with Crippen molar-refractivity contribution >= 4 is 11.8 Å². The molecule has 1 aliphatic rings. The highest BCUT2D eigenvalue weighted by molar-refractivity contribution is 5.81. The summed E-state index contributed by atoms with van der Waals surface area (Å²) in [6.45, 7) is 0.783. The summed E-state index contributed by atoms with van der Waals surface area (Å²) >= 11 is 0. The topological polar surface area (TPSA) is 40.6 Å². The highest BCUT2D eigenvalue weighted by Gasteiger charge is 2.31. The normalized spacial score (nSPS) is 15.4. The number of nitrogens with zero attached hydrogens (tertiary/aromatic N) is 2. The predicted octanol–water partition coefficient (Wildman–Crippen LogP) is 3.65. The van der Waals surface area contributed by atoms with Gasteiger partial charge in [-0.3, -0.25) is 9.59 Å². The Labute approximate surface area is 165 Å². The molecule has 0 saturated carbocycles. The van der Waals surface area contributed by atoms with Gasteiger partial charge in [-0.25, -0.2) is 4.39 Å². The maximum Gasteiger partial charge on any atom is 0.416 e. The number of halogens is 4. The van der Waals surface area contributed by atoms with Crippen molar-refractivity contribution in [3.8, 4) is 0 Å². The monoisotopic (exact) mass is 408 g/mol. The van der Waals surface area contributed by atoms with Crippen LogP contribution in [0, 0.1) is 5.82 Å². The number of benzene rings is 2. The van der Waals surface area contributed by atoms with E-state index in [0.29, 0.717) is 5.56 Å². The summed E-state index contributed by atoms with van der Waals surface area (Å²) in [6, 6.07) is 10.8. The molecule has 0 spiro atoms. The molecule has 1 fully saturated rings. The Hall–Kier alpha value is -2.90. The van der Waals surface area contributed by atoms with Crippen LogP contribution in [0.3, 0.4) is 0 Å². The number of carbonyl (C=O) groups excluding carboxylic acids is 2. The highest BCUT2D eigenvalue weighted by atomic mass is 19.4. The molecular weight excluding hydrogens is 388 g/mol. The van der Waals surface area contributed by atoms with E-state index in [1.54, 1.807) is 18.2 Å². The lowest BCUT2D eigenvalue weighted by Gasteiger charge is -2.22. The lowest BCUT2D eigenvalue weighted by molar-refractivity contribution is -0.138. The Morgan fingerprint density at radius 3 is 2.48 bits per heavy atom. The van der Waals surface area contributed by atoms with Crippen LogP contribution in [0.2, 0.25) is 0 Å². The van der Waals surface area contributed by atoms with Gasteiger partial charge in [-0.05, 0) is 17.7 Å². The van der Waals surface area contributed by atoms with Crippen molar-refractivity contribution in [2.24, 2.45) is 0 Å². The number of rotatable bonds is 4. The van der Waals surface area contributed by atoms with E-state index in [2.05, 4.69) is 0 Å². The molecule has 0 bridgehead atoms. The van der Waals surface area contributed by atoms with E-state index in [1.807, 2.05) is 0 Å². The summed E-state index contributed by atoms with van der Waals surface area (Å²) in [5.41, 5.74) is -0.141. The van der Waals surface area contributed by atoms with E-state index < -0.39 is 17.6 Å². The van der Waals surface area contributed by atoms with Gasteiger partial charge in [-0.1, -0.05) is 36.4 Å². The molecule has 1 heterocycles. The molecule has 154 valence electrons. The number of carbonyl (C=O) groups is 2. The van der Waals surface area contributed by atoms with Gasteiger partial charge >= 0.3 is 6.18 Å². The number of hydrogen-bond acceptors (Lipinski definition) is 2. The predicted molar refractivity (Wildman–Crippen MR) is 98.2 cm³/mol. The Balaban J connectivity index is 1.63. The average Bonchev–Trinajstić information content (AvgIpc) is 2.85. The largest absolute Gasteiger partial charge is 0.416 e. The van der Waals surface area contributed by atoms with Crippen LogP contribution in [0.1, 0.15) is 23.1 Å². The first-order chi connectivity index (χ1) is 13.7. The van der Waals surface area contributed by atoms with Crippen molar-refractivity contribution in [3.05, 3.63) is 71.0 Å². The fourth-order valence-corrected chi connectivity index (χ4v) is 3.26. The molecule has 0 aliphatic carbocycles. The minimum atomic E-state index is -4.47. The maximum absolute atomic E-state index is 13.9. The third-order valence-electron chi connectivity index (χ3n) is 4.87. The van der Waals surface area contributed by atoms with Crippen LogP contribution in [-0.4, -0.2) is 41.2 Å². The molecule has 8 heteroatoms. The second kappa shape index (κ2) is 8.63. The molecule has 3 rings (SSSR count). The van der Waals surface area contributed by atoms with Crippen molar-refractivity contribution in [1.82, 2.24) is 9.80 Å². The summed E-state index contributed by atoms with van der Waals surface area (Å²) in [7, 11) is 0. The average molecular weight is 408 g/mol. The minimum Gasteiger partial charge on any atom is -0.340 e. The van der Waals surface area contributed by atoms with Gasteiger partial charge in [0.15, 0.2) is 0 Å². The minimum absolute atomic E-state index is 0.0861. The highest BCUT2D eigenvalue weighted by Crippen LogP contribution is 2.29. The second-order valence-corrected chi connectivity index (χ2v) is 6.91. The Morgan fingerprint density at radius 1 is 1.00 bits per heavy atom. The smallest absolute Gasteiger partial charge is 0.340 e. The number of alkyl halides is 3. The molecule has 2 aromatic carbocycles. The van der Waals surface area contributed by atoms with Crippen molar-refractivity contribution in [2.45, 2.75) is 25.6 Å². The fourth-order valence-electron chi connectivity index (χ4n) is 3.26. The quantitative estimate of drug-likeness (QED) is 0.725. The summed E-state index contributed by atoms with van der Waals surface area (Å²) in [5.74, 6) is -0.936. The van der Waals surface area contributed by atoms with Crippen molar-refractivity contribution in [2.75, 3.05) is 19.6 Å². The summed E-state index contributed by atoms with van der Waals surface area (Å²) in [4.78, 5) is 27.9. The van der Waals surface area contributed by atoms with Crippen LogP contribution >= 0.6 is 0 Å². The third-order valence-corrected chi connectivity index (χ3v) is 4.87. The molecule has 0 radical (unpaired) electrons. The van der Waals surface area contributed by atoms with Gasteiger partial charge in [-0.2, -0.15) is 13.2 Å². The molecule has 0 aromatic heterocycles. The first-order valence-corrected chi connectivity index (χ1v) is 9.19. The molecule has 0 unspecified atom stereocenters.